The molecule has 4 amide bonds. The van der Waals surface area contributed by atoms with Gasteiger partial charge in [-0.2, -0.15) is 0 Å². The quantitative estimate of drug-likeness (QED) is 0.818. The van der Waals surface area contributed by atoms with Crippen LogP contribution in [0.15, 0.2) is 0 Å². The lowest BCUT2D eigenvalue weighted by atomic mass is 9.94. The maximum Gasteiger partial charge on any atom is 0.345 e. The van der Waals surface area contributed by atoms with Crippen molar-refractivity contribution >= 4 is 23.8 Å². The lowest BCUT2D eigenvalue weighted by Crippen LogP contribution is -2.68. The molecule has 1 unspecified atom stereocenters. The number of hydrogen-bond donors (Lipinski definition) is 2. The van der Waals surface area contributed by atoms with Crippen LogP contribution in [0, 0.1) is 0 Å². The largest absolute Gasteiger partial charge is 0.345 e. The van der Waals surface area contributed by atoms with E-state index in [1.807, 2.05) is 6.26 Å². The molecule has 0 aromatic carbocycles. The van der Waals surface area contributed by atoms with E-state index < -0.39 is 0 Å². The maximum atomic E-state index is 12.4. The summed E-state index contributed by atoms with van der Waals surface area (Å²) in [5, 5.41) is 4.31. The molecule has 1 aliphatic heterocycles. The van der Waals surface area contributed by atoms with Gasteiger partial charge in [0.05, 0.1) is 0 Å². The Morgan fingerprint density at radius 3 is 2.50 bits per heavy atom. The van der Waals surface area contributed by atoms with E-state index in [2.05, 4.69) is 10.7 Å². The molecule has 6 nitrogen and oxygen atoms in total. The number of nitrogens with one attached hydrogen (secondary N) is 2. The maximum absolute atomic E-state index is 12.4. The van der Waals surface area contributed by atoms with Gasteiger partial charge in [-0.25, -0.2) is 24.9 Å². The van der Waals surface area contributed by atoms with Gasteiger partial charge >= 0.3 is 12.1 Å². The number of carbonyl (C=O) groups excluding carboxylic acids is 2. The molecule has 0 radical (unpaired) electrons. The number of amides is 4. The summed E-state index contributed by atoms with van der Waals surface area (Å²) in [7, 11) is 1.69. The Balaban J connectivity index is 2.14. The fourth-order valence-corrected chi connectivity index (χ4v) is 3.21. The molecule has 7 heteroatoms. The van der Waals surface area contributed by atoms with Crippen LogP contribution in [-0.2, 0) is 0 Å². The first-order valence-electron chi connectivity index (χ1n) is 6.32. The highest BCUT2D eigenvalue weighted by atomic mass is 32.2. The summed E-state index contributed by atoms with van der Waals surface area (Å²) in [4.78, 5) is 25.8. The molecule has 0 aromatic rings. The van der Waals surface area contributed by atoms with Gasteiger partial charge in [-0.05, 0) is 19.1 Å². The lowest BCUT2D eigenvalue weighted by Gasteiger charge is -2.43. The van der Waals surface area contributed by atoms with Crippen LogP contribution in [0.1, 0.15) is 32.1 Å². The zero-order valence-electron chi connectivity index (χ0n) is 10.8. The molecule has 18 heavy (non-hydrogen) atoms. The van der Waals surface area contributed by atoms with Crippen LogP contribution >= 0.6 is 11.8 Å². The standard InChI is InChI=1S/C11H20N4O2S/c1-12-15-10(18-2)13-9(16)14(11(15)17)8-6-4-3-5-7-8/h8,10,12H,3-7H2,1-2H3,(H,13,16). The van der Waals surface area contributed by atoms with Gasteiger partial charge in [-0.15, -0.1) is 11.8 Å². The summed E-state index contributed by atoms with van der Waals surface area (Å²) < 4.78 is 0. The van der Waals surface area contributed by atoms with Gasteiger partial charge in [0.25, 0.3) is 0 Å². The number of rotatable bonds is 3. The van der Waals surface area contributed by atoms with Crippen LogP contribution in [0.25, 0.3) is 0 Å². The Morgan fingerprint density at radius 1 is 1.28 bits per heavy atom. The molecule has 0 spiro atoms. The highest BCUT2D eigenvalue weighted by molar-refractivity contribution is 7.99. The SMILES string of the molecule is CNN1C(=O)N(C2CCCCC2)C(=O)NC1SC. The Morgan fingerprint density at radius 2 is 1.94 bits per heavy atom. The van der Waals surface area contributed by atoms with E-state index in [4.69, 9.17) is 0 Å². The number of carbonyl (C=O) groups is 2. The average Bonchev–Trinajstić information content (AvgIpc) is 2.39. The van der Waals surface area contributed by atoms with Crippen molar-refractivity contribution in [3.8, 4) is 0 Å². The summed E-state index contributed by atoms with van der Waals surface area (Å²) in [6.45, 7) is 0. The van der Waals surface area contributed by atoms with E-state index in [1.54, 1.807) is 7.05 Å². The number of urea groups is 2. The third-order valence-corrected chi connectivity index (χ3v) is 4.29. The molecular formula is C11H20N4O2S. The third-order valence-electron chi connectivity index (χ3n) is 3.52. The summed E-state index contributed by atoms with van der Waals surface area (Å²) in [5.41, 5.74) is 2.51. The van der Waals surface area contributed by atoms with E-state index in [9.17, 15) is 9.59 Å². The smallest absolute Gasteiger partial charge is 0.307 e. The van der Waals surface area contributed by atoms with Gasteiger partial charge in [-0.1, -0.05) is 19.3 Å². The van der Waals surface area contributed by atoms with Crippen molar-refractivity contribution in [3.05, 3.63) is 0 Å². The van der Waals surface area contributed by atoms with Gasteiger partial charge < -0.3 is 5.32 Å². The van der Waals surface area contributed by atoms with Crippen LogP contribution < -0.4 is 10.7 Å². The molecule has 2 rings (SSSR count). The highest BCUT2D eigenvalue weighted by Gasteiger charge is 2.41. The third kappa shape index (κ3) is 2.42. The van der Waals surface area contributed by atoms with Crippen LogP contribution in [0.5, 0.6) is 0 Å². The van der Waals surface area contributed by atoms with Gasteiger partial charge in [-0.3, -0.25) is 0 Å². The lowest BCUT2D eigenvalue weighted by molar-refractivity contribution is 0.0845. The summed E-state index contributed by atoms with van der Waals surface area (Å²) >= 11 is 1.42. The number of hydrogen-bond acceptors (Lipinski definition) is 4. The van der Waals surface area contributed by atoms with Gasteiger partial charge in [0.1, 0.15) is 0 Å². The molecule has 1 atom stereocenters. The van der Waals surface area contributed by atoms with Crippen LogP contribution in [0.2, 0.25) is 0 Å². The van der Waals surface area contributed by atoms with E-state index >= 15 is 0 Å². The molecular weight excluding hydrogens is 252 g/mol. The predicted octanol–water partition coefficient (Wildman–Crippen LogP) is 1.55. The minimum absolute atomic E-state index is 0.0462. The number of thioether (sulfide) groups is 1. The molecule has 1 aliphatic carbocycles. The highest BCUT2D eigenvalue weighted by Crippen LogP contribution is 2.26. The Bertz CT molecular complexity index is 333. The van der Waals surface area contributed by atoms with Crippen LogP contribution in [-0.4, -0.2) is 46.8 Å². The van der Waals surface area contributed by atoms with E-state index in [0.717, 1.165) is 25.7 Å². The van der Waals surface area contributed by atoms with Crippen molar-refractivity contribution in [1.29, 1.82) is 0 Å². The van der Waals surface area contributed by atoms with Crippen molar-refractivity contribution in [2.75, 3.05) is 13.3 Å². The zero-order valence-corrected chi connectivity index (χ0v) is 11.6. The number of nitrogens with zero attached hydrogens (tertiary/aromatic N) is 2. The first-order valence-corrected chi connectivity index (χ1v) is 7.61. The second-order valence-corrected chi connectivity index (χ2v) is 5.49. The van der Waals surface area contributed by atoms with Gasteiger partial charge in [0, 0.05) is 13.1 Å². The minimum atomic E-state index is -0.338. The molecule has 0 bridgehead atoms. The van der Waals surface area contributed by atoms with Crippen molar-refractivity contribution < 1.29 is 9.59 Å². The van der Waals surface area contributed by atoms with Crippen LogP contribution in [0.3, 0.4) is 0 Å². The molecule has 2 aliphatic rings. The summed E-state index contributed by atoms with van der Waals surface area (Å²) in [6, 6.07) is -0.463. The molecule has 1 saturated heterocycles. The monoisotopic (exact) mass is 272 g/mol. The molecule has 1 heterocycles. The van der Waals surface area contributed by atoms with Crippen molar-refractivity contribution in [2.24, 2.45) is 0 Å². The van der Waals surface area contributed by atoms with Crippen molar-refractivity contribution in [1.82, 2.24) is 20.7 Å². The fraction of sp³-hybridized carbons (Fsp3) is 0.818. The topological polar surface area (TPSA) is 64.7 Å². The molecule has 1 saturated carbocycles. The summed E-state index contributed by atoms with van der Waals surface area (Å²) in [5.74, 6) is 0. The first-order chi connectivity index (χ1) is 8.69. The first kappa shape index (κ1) is 13.5. The number of imide groups is 1. The van der Waals surface area contributed by atoms with Crippen molar-refractivity contribution in [2.45, 2.75) is 43.6 Å². The molecule has 0 aromatic heterocycles. The Hall–Kier alpha value is -0.950. The van der Waals surface area contributed by atoms with Gasteiger partial charge in [0.15, 0.2) is 5.50 Å². The second-order valence-electron chi connectivity index (χ2n) is 4.58. The normalized spacial score (nSPS) is 26.4. The van der Waals surface area contributed by atoms with Crippen molar-refractivity contribution in [3.63, 3.8) is 0 Å². The van der Waals surface area contributed by atoms with Crippen LogP contribution in [0.4, 0.5) is 9.59 Å². The van der Waals surface area contributed by atoms with E-state index in [1.165, 1.54) is 28.1 Å². The average molecular weight is 272 g/mol. The van der Waals surface area contributed by atoms with E-state index in [0.29, 0.717) is 0 Å². The predicted molar refractivity (Wildman–Crippen MR) is 70.8 cm³/mol. The molecule has 2 fully saturated rings. The Kier molecular flexibility index (Phi) is 4.34. The molecule has 102 valence electrons. The van der Waals surface area contributed by atoms with Gasteiger partial charge in [0.2, 0.25) is 0 Å². The minimum Gasteiger partial charge on any atom is -0.307 e. The molecule has 2 N–H and O–H groups in total. The zero-order chi connectivity index (χ0) is 13.1. The Labute approximate surface area is 111 Å². The fourth-order valence-electron chi connectivity index (χ4n) is 2.58. The van der Waals surface area contributed by atoms with E-state index in [-0.39, 0.29) is 23.6 Å². The number of hydrazine groups is 1. The second kappa shape index (κ2) is 5.79. The summed E-state index contributed by atoms with van der Waals surface area (Å²) in [6.07, 6.45) is 7.07.